The number of amides is 1. The van der Waals surface area contributed by atoms with Crippen molar-refractivity contribution in [2.24, 2.45) is 5.92 Å². The molecule has 0 aromatic heterocycles. The summed E-state index contributed by atoms with van der Waals surface area (Å²) in [7, 11) is 0. The second kappa shape index (κ2) is 4.95. The minimum absolute atomic E-state index is 0.207. The minimum Gasteiger partial charge on any atom is -0.480 e. The zero-order chi connectivity index (χ0) is 10.6. The highest BCUT2D eigenvalue weighted by Crippen LogP contribution is 2.17. The molecule has 14 heavy (non-hydrogen) atoms. The van der Waals surface area contributed by atoms with Gasteiger partial charge in [-0.2, -0.15) is 0 Å². The van der Waals surface area contributed by atoms with Gasteiger partial charge in [0.1, 0.15) is 6.54 Å². The van der Waals surface area contributed by atoms with Crippen LogP contribution in [0.4, 0.5) is 0 Å². The number of nitrogens with one attached hydrogen (secondary N) is 1. The molecule has 1 aliphatic heterocycles. The molecule has 0 aliphatic carbocycles. The molecular formula is C9H16N2O3. The van der Waals surface area contributed by atoms with Gasteiger partial charge in [0.2, 0.25) is 5.91 Å². The lowest BCUT2D eigenvalue weighted by molar-refractivity contribution is -0.138. The van der Waals surface area contributed by atoms with Crippen LogP contribution in [0.1, 0.15) is 13.3 Å². The Balaban J connectivity index is 2.07. The first-order valence-corrected chi connectivity index (χ1v) is 4.82. The van der Waals surface area contributed by atoms with Crippen LogP contribution in [0.25, 0.3) is 0 Å². The molecule has 2 N–H and O–H groups in total. The highest BCUT2D eigenvalue weighted by Gasteiger charge is 2.26. The number of carbonyl (C=O) groups excluding carboxylic acids is 1. The fraction of sp³-hybridized carbons (Fsp3) is 0.778. The Morgan fingerprint density at radius 1 is 1.50 bits per heavy atom. The molecule has 1 aliphatic rings. The van der Waals surface area contributed by atoms with Gasteiger partial charge in [0.05, 0.1) is 6.54 Å². The zero-order valence-corrected chi connectivity index (χ0v) is 8.32. The van der Waals surface area contributed by atoms with Gasteiger partial charge in [0, 0.05) is 13.1 Å². The minimum atomic E-state index is -1.01. The van der Waals surface area contributed by atoms with Gasteiger partial charge < -0.3 is 10.4 Å². The van der Waals surface area contributed by atoms with Gasteiger partial charge in [-0.1, -0.05) is 13.3 Å². The second-order valence-electron chi connectivity index (χ2n) is 3.64. The van der Waals surface area contributed by atoms with Crippen molar-refractivity contribution in [3.05, 3.63) is 0 Å². The maximum atomic E-state index is 11.1. The number of aliphatic carboxylic acids is 1. The summed E-state index contributed by atoms with van der Waals surface area (Å²) in [6, 6.07) is 0. The van der Waals surface area contributed by atoms with Crippen LogP contribution >= 0.6 is 0 Å². The zero-order valence-electron chi connectivity index (χ0n) is 8.32. The fourth-order valence-electron chi connectivity index (χ4n) is 1.50. The Kier molecular flexibility index (Phi) is 3.88. The Bertz CT molecular complexity index is 224. The predicted octanol–water partition coefficient (Wildman–Crippen LogP) is -0.471. The molecule has 1 rings (SSSR count). The average Bonchev–Trinajstić information content (AvgIpc) is 2.07. The summed E-state index contributed by atoms with van der Waals surface area (Å²) in [6.45, 7) is 4.08. The molecule has 0 spiro atoms. The van der Waals surface area contributed by atoms with Crippen molar-refractivity contribution in [2.45, 2.75) is 13.3 Å². The number of carboxylic acid groups (broad SMARTS) is 1. The number of hydrogen-bond donors (Lipinski definition) is 2. The maximum Gasteiger partial charge on any atom is 0.322 e. The molecule has 0 aromatic rings. The van der Waals surface area contributed by atoms with Crippen molar-refractivity contribution in [3.63, 3.8) is 0 Å². The van der Waals surface area contributed by atoms with Crippen LogP contribution in [-0.4, -0.2) is 48.1 Å². The van der Waals surface area contributed by atoms with E-state index in [9.17, 15) is 9.59 Å². The molecule has 5 heteroatoms. The van der Waals surface area contributed by atoms with E-state index < -0.39 is 5.97 Å². The third-order valence-corrected chi connectivity index (χ3v) is 2.41. The monoisotopic (exact) mass is 200 g/mol. The molecule has 80 valence electrons. The third kappa shape index (κ3) is 3.33. The number of carbonyl (C=O) groups is 2. The largest absolute Gasteiger partial charge is 0.480 e. The summed E-state index contributed by atoms with van der Waals surface area (Å²) >= 11 is 0. The third-order valence-electron chi connectivity index (χ3n) is 2.41. The van der Waals surface area contributed by atoms with E-state index in [-0.39, 0.29) is 12.5 Å². The molecule has 0 saturated carbocycles. The molecule has 0 bridgehead atoms. The molecule has 1 fully saturated rings. The first-order chi connectivity index (χ1) is 6.61. The van der Waals surface area contributed by atoms with Gasteiger partial charge in [0.25, 0.3) is 0 Å². The molecule has 0 unspecified atom stereocenters. The summed E-state index contributed by atoms with van der Waals surface area (Å²) < 4.78 is 0. The lowest BCUT2D eigenvalue weighted by Crippen LogP contribution is -2.50. The molecule has 1 saturated heterocycles. The van der Waals surface area contributed by atoms with Crippen molar-refractivity contribution in [1.29, 1.82) is 0 Å². The number of hydrogen-bond acceptors (Lipinski definition) is 3. The van der Waals surface area contributed by atoms with E-state index in [4.69, 9.17) is 5.11 Å². The average molecular weight is 200 g/mol. The summed E-state index contributed by atoms with van der Waals surface area (Å²) in [5.41, 5.74) is 0. The van der Waals surface area contributed by atoms with Crippen LogP contribution in [0, 0.1) is 5.92 Å². The van der Waals surface area contributed by atoms with Crippen LogP contribution < -0.4 is 5.32 Å². The molecule has 5 nitrogen and oxygen atoms in total. The Labute approximate surface area is 83.1 Å². The molecule has 0 atom stereocenters. The summed E-state index contributed by atoms with van der Waals surface area (Å²) in [5.74, 6) is -0.502. The van der Waals surface area contributed by atoms with Crippen LogP contribution in [0.15, 0.2) is 0 Å². The summed E-state index contributed by atoms with van der Waals surface area (Å²) in [6.07, 6.45) is 1.15. The molecule has 1 heterocycles. The maximum absolute atomic E-state index is 11.1. The van der Waals surface area contributed by atoms with Gasteiger partial charge >= 0.3 is 5.97 Å². The topological polar surface area (TPSA) is 69.6 Å². The molecular weight excluding hydrogens is 184 g/mol. The molecule has 1 amide bonds. The van der Waals surface area contributed by atoms with Crippen molar-refractivity contribution in [3.8, 4) is 0 Å². The van der Waals surface area contributed by atoms with Gasteiger partial charge in [-0.3, -0.25) is 14.5 Å². The first-order valence-electron chi connectivity index (χ1n) is 4.82. The number of nitrogens with zero attached hydrogens (tertiary/aromatic N) is 1. The lowest BCUT2D eigenvalue weighted by atomic mass is 9.97. The van der Waals surface area contributed by atoms with Gasteiger partial charge in [-0.15, -0.1) is 0 Å². The van der Waals surface area contributed by atoms with E-state index in [1.807, 2.05) is 4.90 Å². The normalized spacial score (nSPS) is 17.5. The summed E-state index contributed by atoms with van der Waals surface area (Å²) in [5, 5.41) is 10.7. The quantitative estimate of drug-likeness (QED) is 0.629. The smallest absolute Gasteiger partial charge is 0.322 e. The Morgan fingerprint density at radius 3 is 2.64 bits per heavy atom. The predicted molar refractivity (Wildman–Crippen MR) is 50.9 cm³/mol. The molecule has 0 radical (unpaired) electrons. The summed E-state index contributed by atoms with van der Waals surface area (Å²) in [4.78, 5) is 23.3. The van der Waals surface area contributed by atoms with Gasteiger partial charge in [-0.05, 0) is 5.92 Å². The lowest BCUT2D eigenvalue weighted by Gasteiger charge is -2.38. The van der Waals surface area contributed by atoms with E-state index in [0.717, 1.165) is 19.5 Å². The number of carboxylic acids is 1. The van der Waals surface area contributed by atoms with Crippen LogP contribution in [0.2, 0.25) is 0 Å². The highest BCUT2D eigenvalue weighted by atomic mass is 16.4. The van der Waals surface area contributed by atoms with Crippen LogP contribution in [-0.2, 0) is 9.59 Å². The fourth-order valence-corrected chi connectivity index (χ4v) is 1.50. The van der Waals surface area contributed by atoms with Crippen molar-refractivity contribution < 1.29 is 14.7 Å². The Morgan fingerprint density at radius 2 is 2.14 bits per heavy atom. The van der Waals surface area contributed by atoms with Gasteiger partial charge in [0.15, 0.2) is 0 Å². The molecule has 0 aromatic carbocycles. The van der Waals surface area contributed by atoms with Crippen molar-refractivity contribution in [1.82, 2.24) is 10.2 Å². The highest BCUT2D eigenvalue weighted by molar-refractivity contribution is 5.82. The van der Waals surface area contributed by atoms with Crippen molar-refractivity contribution >= 4 is 11.9 Å². The first kappa shape index (κ1) is 11.0. The number of likely N-dealkylation sites (tertiary alicyclic amines) is 1. The van der Waals surface area contributed by atoms with Gasteiger partial charge in [-0.25, -0.2) is 0 Å². The van der Waals surface area contributed by atoms with Crippen LogP contribution in [0.3, 0.4) is 0 Å². The van der Waals surface area contributed by atoms with E-state index in [1.165, 1.54) is 0 Å². The second-order valence-corrected chi connectivity index (χ2v) is 3.64. The SMILES string of the molecule is CCC1CN(CC(=O)NCC(=O)O)C1. The standard InChI is InChI=1S/C9H16N2O3/c1-2-7-4-11(5-7)6-8(12)10-3-9(13)14/h7H,2-6H2,1H3,(H,10,12)(H,13,14). The van der Waals surface area contributed by atoms with Crippen LogP contribution in [0.5, 0.6) is 0 Å². The van der Waals surface area contributed by atoms with E-state index in [0.29, 0.717) is 12.5 Å². The van der Waals surface area contributed by atoms with E-state index in [2.05, 4.69) is 12.2 Å². The van der Waals surface area contributed by atoms with E-state index >= 15 is 0 Å². The Hall–Kier alpha value is -1.10. The van der Waals surface area contributed by atoms with Crippen molar-refractivity contribution in [2.75, 3.05) is 26.2 Å². The number of rotatable bonds is 5. The van der Waals surface area contributed by atoms with E-state index in [1.54, 1.807) is 0 Å².